The summed E-state index contributed by atoms with van der Waals surface area (Å²) >= 11 is 0. The van der Waals surface area contributed by atoms with Gasteiger partial charge in [-0.05, 0) is 18.3 Å². The standard InChI is InChI=1S/C17H25F7O8S/c1-9(2)8-11(10(3)4)12(25)32-15(13(26)30-5,16(20,21)22)31-7-6-14(18,19)17(23,24)33(27,28)29/h9-11H,6-8H2,1-5H3,(H,27,28,29). The van der Waals surface area contributed by atoms with Crippen LogP contribution < -0.4 is 0 Å². The smallest absolute Gasteiger partial charge is 0.464 e. The first kappa shape index (κ1) is 31.3. The molecule has 2 atom stereocenters. The van der Waals surface area contributed by atoms with E-state index in [0.717, 1.165) is 0 Å². The lowest BCUT2D eigenvalue weighted by Gasteiger charge is -2.34. The van der Waals surface area contributed by atoms with Gasteiger partial charge < -0.3 is 14.2 Å². The van der Waals surface area contributed by atoms with Crippen LogP contribution in [-0.4, -0.2) is 61.8 Å². The summed E-state index contributed by atoms with van der Waals surface area (Å²) in [5.74, 6) is -16.3. The molecule has 0 heterocycles. The Bertz CT molecular complexity index is 796. The molecule has 0 aromatic carbocycles. The average molecular weight is 522 g/mol. The molecule has 0 saturated carbocycles. The number of hydrogen-bond donors (Lipinski definition) is 1. The number of halogens is 7. The number of carbonyl (C=O) groups excluding carboxylic acids is 2. The van der Waals surface area contributed by atoms with Gasteiger partial charge in [-0.2, -0.15) is 39.2 Å². The van der Waals surface area contributed by atoms with Crippen molar-refractivity contribution in [1.29, 1.82) is 0 Å². The second kappa shape index (κ2) is 10.7. The van der Waals surface area contributed by atoms with E-state index < -0.39 is 70.1 Å². The highest BCUT2D eigenvalue weighted by Crippen LogP contribution is 2.42. The zero-order chi connectivity index (χ0) is 26.6. The topological polar surface area (TPSA) is 116 Å². The van der Waals surface area contributed by atoms with Crippen molar-refractivity contribution < 1.29 is 67.5 Å². The Morgan fingerprint density at radius 3 is 1.79 bits per heavy atom. The van der Waals surface area contributed by atoms with Gasteiger partial charge >= 0.3 is 45.2 Å². The number of methoxy groups -OCH3 is 1. The minimum Gasteiger partial charge on any atom is -0.464 e. The molecule has 196 valence electrons. The molecule has 0 fully saturated rings. The van der Waals surface area contributed by atoms with Crippen LogP contribution in [0.4, 0.5) is 30.7 Å². The highest BCUT2D eigenvalue weighted by atomic mass is 32.2. The molecule has 0 aromatic rings. The third-order valence-electron chi connectivity index (χ3n) is 4.38. The molecular formula is C17H25F7O8S. The fraction of sp³-hybridized carbons (Fsp3) is 0.882. The van der Waals surface area contributed by atoms with Gasteiger partial charge in [-0.15, -0.1) is 0 Å². The Hall–Kier alpha value is -1.68. The highest BCUT2D eigenvalue weighted by molar-refractivity contribution is 7.87. The van der Waals surface area contributed by atoms with Crippen molar-refractivity contribution in [2.75, 3.05) is 13.7 Å². The number of ether oxygens (including phenoxy) is 3. The summed E-state index contributed by atoms with van der Waals surface area (Å²) in [6.07, 6.45) is -8.34. The minimum absolute atomic E-state index is 0.00423. The van der Waals surface area contributed by atoms with E-state index in [1.54, 1.807) is 13.8 Å². The number of carbonyl (C=O) groups is 2. The molecule has 0 spiro atoms. The molecule has 0 aromatic heterocycles. The van der Waals surface area contributed by atoms with E-state index in [0.29, 0.717) is 7.11 Å². The monoisotopic (exact) mass is 522 g/mol. The van der Waals surface area contributed by atoms with Gasteiger partial charge in [-0.3, -0.25) is 9.35 Å². The second-order valence-electron chi connectivity index (χ2n) is 7.80. The molecule has 33 heavy (non-hydrogen) atoms. The van der Waals surface area contributed by atoms with E-state index in [9.17, 15) is 48.7 Å². The largest absolute Gasteiger partial charge is 0.468 e. The Labute approximate surface area is 185 Å². The van der Waals surface area contributed by atoms with Crippen LogP contribution in [0.5, 0.6) is 0 Å². The van der Waals surface area contributed by atoms with E-state index in [-0.39, 0.29) is 12.3 Å². The number of hydrogen-bond acceptors (Lipinski definition) is 7. The van der Waals surface area contributed by atoms with Gasteiger partial charge in [0.2, 0.25) is 0 Å². The Kier molecular flexibility index (Phi) is 10.2. The summed E-state index contributed by atoms with van der Waals surface area (Å²) in [5.41, 5.74) is 0. The zero-order valence-corrected chi connectivity index (χ0v) is 19.0. The summed E-state index contributed by atoms with van der Waals surface area (Å²) in [4.78, 5) is 24.4. The first-order chi connectivity index (χ1) is 14.6. The van der Waals surface area contributed by atoms with Gasteiger partial charge in [0.05, 0.1) is 19.6 Å². The molecule has 8 nitrogen and oxygen atoms in total. The van der Waals surface area contributed by atoms with E-state index in [1.807, 2.05) is 0 Å². The molecule has 0 bridgehead atoms. The van der Waals surface area contributed by atoms with Crippen molar-refractivity contribution in [3.63, 3.8) is 0 Å². The maximum absolute atomic E-state index is 13.8. The van der Waals surface area contributed by atoms with Crippen LogP contribution in [0, 0.1) is 17.8 Å². The van der Waals surface area contributed by atoms with Crippen LogP contribution in [0.15, 0.2) is 0 Å². The minimum atomic E-state index is -6.66. The van der Waals surface area contributed by atoms with E-state index in [1.165, 1.54) is 13.8 Å². The predicted octanol–water partition coefficient (Wildman–Crippen LogP) is 3.80. The summed E-state index contributed by atoms with van der Waals surface area (Å²) < 4.78 is 137. The number of rotatable bonds is 12. The molecule has 2 unspecified atom stereocenters. The van der Waals surface area contributed by atoms with Crippen molar-refractivity contribution in [2.24, 2.45) is 17.8 Å². The molecule has 0 radical (unpaired) electrons. The molecule has 0 aliphatic carbocycles. The van der Waals surface area contributed by atoms with Crippen molar-refractivity contribution in [1.82, 2.24) is 0 Å². The van der Waals surface area contributed by atoms with Crippen LogP contribution in [0.2, 0.25) is 0 Å². The fourth-order valence-electron chi connectivity index (χ4n) is 2.54. The average Bonchev–Trinajstić information content (AvgIpc) is 2.61. The molecule has 0 aliphatic heterocycles. The van der Waals surface area contributed by atoms with Crippen LogP contribution in [0.1, 0.15) is 40.5 Å². The van der Waals surface area contributed by atoms with E-state index in [4.69, 9.17) is 4.55 Å². The first-order valence-electron chi connectivity index (χ1n) is 9.32. The quantitative estimate of drug-likeness (QED) is 0.178. The van der Waals surface area contributed by atoms with Gasteiger partial charge in [0.1, 0.15) is 0 Å². The SMILES string of the molecule is COC(=O)C(OCCC(F)(F)C(F)(F)S(=O)(=O)O)(OC(=O)C(CC(C)C)C(C)C)C(F)(F)F. The van der Waals surface area contributed by atoms with E-state index >= 15 is 0 Å². The van der Waals surface area contributed by atoms with E-state index in [2.05, 4.69) is 14.2 Å². The summed E-state index contributed by atoms with van der Waals surface area (Å²) in [6, 6.07) is 0. The lowest BCUT2D eigenvalue weighted by molar-refractivity contribution is -0.358. The summed E-state index contributed by atoms with van der Waals surface area (Å²) in [7, 11) is -6.24. The van der Waals surface area contributed by atoms with Crippen molar-refractivity contribution >= 4 is 22.1 Å². The number of esters is 2. The summed E-state index contributed by atoms with van der Waals surface area (Å²) in [6.45, 7) is 4.12. The molecule has 16 heteroatoms. The van der Waals surface area contributed by atoms with Crippen molar-refractivity contribution in [3.8, 4) is 0 Å². The normalized spacial score (nSPS) is 16.5. The van der Waals surface area contributed by atoms with Gasteiger partial charge in [-0.25, -0.2) is 4.79 Å². The Balaban J connectivity index is 6.10. The maximum Gasteiger partial charge on any atom is 0.468 e. The molecule has 0 saturated heterocycles. The zero-order valence-electron chi connectivity index (χ0n) is 18.2. The van der Waals surface area contributed by atoms with Crippen LogP contribution >= 0.6 is 0 Å². The lowest BCUT2D eigenvalue weighted by Crippen LogP contribution is -2.59. The van der Waals surface area contributed by atoms with Gasteiger partial charge in [0.25, 0.3) is 0 Å². The van der Waals surface area contributed by atoms with Crippen LogP contribution in [0.25, 0.3) is 0 Å². The summed E-state index contributed by atoms with van der Waals surface area (Å²) in [5, 5.41) is -6.09. The Morgan fingerprint density at radius 1 is 0.970 bits per heavy atom. The van der Waals surface area contributed by atoms with Crippen LogP contribution in [0.3, 0.4) is 0 Å². The van der Waals surface area contributed by atoms with Gasteiger partial charge in [0.15, 0.2) is 0 Å². The molecule has 0 rings (SSSR count). The highest BCUT2D eigenvalue weighted by Gasteiger charge is 2.69. The molecular weight excluding hydrogens is 497 g/mol. The van der Waals surface area contributed by atoms with Gasteiger partial charge in [0, 0.05) is 6.42 Å². The molecule has 0 aliphatic rings. The van der Waals surface area contributed by atoms with Gasteiger partial charge in [-0.1, -0.05) is 27.7 Å². The second-order valence-corrected chi connectivity index (χ2v) is 9.26. The third kappa shape index (κ3) is 7.15. The third-order valence-corrected chi connectivity index (χ3v) is 5.32. The van der Waals surface area contributed by atoms with Crippen LogP contribution in [-0.2, 0) is 33.9 Å². The van der Waals surface area contributed by atoms with Crippen molar-refractivity contribution in [2.45, 2.75) is 63.7 Å². The number of alkyl halides is 7. The maximum atomic E-state index is 13.8. The fourth-order valence-corrected chi connectivity index (χ4v) is 3.02. The van der Waals surface area contributed by atoms with Crippen molar-refractivity contribution in [3.05, 3.63) is 0 Å². The molecule has 1 N–H and O–H groups in total. The first-order valence-corrected chi connectivity index (χ1v) is 10.8. The molecule has 0 amide bonds. The predicted molar refractivity (Wildman–Crippen MR) is 96.7 cm³/mol. The lowest BCUT2D eigenvalue weighted by atomic mass is 9.87. The Morgan fingerprint density at radius 2 is 1.45 bits per heavy atom.